The summed E-state index contributed by atoms with van der Waals surface area (Å²) in [5.41, 5.74) is 2.30. The number of nitrogens with zero attached hydrogens (tertiary/aromatic N) is 2. The molecule has 0 spiro atoms. The van der Waals surface area contributed by atoms with Gasteiger partial charge in [-0.25, -0.2) is 4.42 Å². The third kappa shape index (κ3) is 4.96. The van der Waals surface area contributed by atoms with Crippen LogP contribution < -0.4 is 10.2 Å². The molecule has 0 saturated heterocycles. The van der Waals surface area contributed by atoms with Crippen LogP contribution >= 0.6 is 11.8 Å². The van der Waals surface area contributed by atoms with Crippen LogP contribution in [0.3, 0.4) is 0 Å². The fourth-order valence-electron chi connectivity index (χ4n) is 3.09. The monoisotopic (exact) mass is 413 g/mol. The molecule has 1 N–H and O–H groups in total. The Hall–Kier alpha value is -2.83. The summed E-state index contributed by atoms with van der Waals surface area (Å²) in [5, 5.41) is 0.389. The fourth-order valence-corrected chi connectivity index (χ4v) is 3.32. The summed E-state index contributed by atoms with van der Waals surface area (Å²) in [6.45, 7) is 3.39. The van der Waals surface area contributed by atoms with Crippen LogP contribution in [0, 0.1) is 0 Å². The highest BCUT2D eigenvalue weighted by Crippen LogP contribution is 2.18. The van der Waals surface area contributed by atoms with Crippen molar-refractivity contribution in [3.63, 3.8) is 0 Å². The number of hydrogen-bond acceptors (Lipinski definition) is 4. The third-order valence-corrected chi connectivity index (χ3v) is 4.73. The van der Waals surface area contributed by atoms with E-state index in [1.165, 1.54) is 11.8 Å². The van der Waals surface area contributed by atoms with Crippen molar-refractivity contribution in [1.29, 1.82) is 0 Å². The second-order valence-corrected chi connectivity index (χ2v) is 7.46. The molecule has 0 aliphatic heterocycles. The van der Waals surface area contributed by atoms with E-state index < -0.39 is 5.91 Å². The molecule has 152 valence electrons. The molecule has 1 amide bonds. The Bertz CT molecular complexity index is 1060. The maximum absolute atomic E-state index is 12.8. The van der Waals surface area contributed by atoms with Crippen LogP contribution in [0.5, 0.6) is 5.75 Å². The van der Waals surface area contributed by atoms with Crippen LogP contribution in [0.2, 0.25) is 0 Å². The van der Waals surface area contributed by atoms with Gasteiger partial charge in [-0.1, -0.05) is 24.3 Å². The third-order valence-electron chi connectivity index (χ3n) is 4.46. The molecule has 0 aliphatic carbocycles. The summed E-state index contributed by atoms with van der Waals surface area (Å²) in [5.74, 6) is 0.0321. The van der Waals surface area contributed by atoms with Gasteiger partial charge in [-0.2, -0.15) is 0 Å². The standard InChI is InChI=1S/C22H24ClN3O3/c1-4-29-17-9-10-20-18(11-17)21(27)19(12-24-20)22(28)26(23)14-16-7-5-15(6-8-16)13-25(2)3/h5-12H,4,13-14H2,1-3H3,(H,24,27). The highest BCUT2D eigenvalue weighted by atomic mass is 35.5. The lowest BCUT2D eigenvalue weighted by Gasteiger charge is -2.15. The number of carbonyl (C=O) groups is 1. The Morgan fingerprint density at radius 3 is 2.34 bits per heavy atom. The van der Waals surface area contributed by atoms with Crippen LogP contribution in [-0.4, -0.2) is 40.9 Å². The van der Waals surface area contributed by atoms with Gasteiger partial charge in [0.05, 0.1) is 13.2 Å². The molecule has 0 aliphatic rings. The molecule has 3 rings (SSSR count). The van der Waals surface area contributed by atoms with Crippen molar-refractivity contribution >= 4 is 28.6 Å². The average Bonchev–Trinajstić information content (AvgIpc) is 2.69. The lowest BCUT2D eigenvalue weighted by molar-refractivity contribution is 0.0856. The average molecular weight is 414 g/mol. The van der Waals surface area contributed by atoms with Crippen molar-refractivity contribution in [1.82, 2.24) is 14.3 Å². The first-order valence-electron chi connectivity index (χ1n) is 9.37. The quantitative estimate of drug-likeness (QED) is 0.598. The Labute approximate surface area is 174 Å². The molecule has 0 unspecified atom stereocenters. The van der Waals surface area contributed by atoms with Crippen LogP contribution in [0.15, 0.2) is 53.5 Å². The first-order valence-corrected chi connectivity index (χ1v) is 9.71. The van der Waals surface area contributed by atoms with Crippen molar-refractivity contribution in [2.75, 3.05) is 20.7 Å². The lowest BCUT2D eigenvalue weighted by atomic mass is 10.1. The molecule has 0 saturated carbocycles. The van der Waals surface area contributed by atoms with E-state index in [-0.39, 0.29) is 17.5 Å². The second kappa shape index (κ2) is 9.11. The van der Waals surface area contributed by atoms with Crippen LogP contribution in [-0.2, 0) is 13.1 Å². The van der Waals surface area contributed by atoms with Gasteiger partial charge in [0, 0.05) is 35.4 Å². The highest BCUT2D eigenvalue weighted by Gasteiger charge is 2.19. The van der Waals surface area contributed by atoms with Gasteiger partial charge in [0.25, 0.3) is 5.91 Å². The Balaban J connectivity index is 1.80. The minimum atomic E-state index is -0.547. The molecular weight excluding hydrogens is 390 g/mol. The zero-order chi connectivity index (χ0) is 21.0. The van der Waals surface area contributed by atoms with Crippen LogP contribution in [0.25, 0.3) is 10.9 Å². The molecule has 2 aromatic carbocycles. The maximum atomic E-state index is 12.8. The first kappa shape index (κ1) is 20.9. The lowest BCUT2D eigenvalue weighted by Crippen LogP contribution is -2.27. The number of H-pyrrole nitrogens is 1. The van der Waals surface area contributed by atoms with Gasteiger partial charge >= 0.3 is 0 Å². The first-order chi connectivity index (χ1) is 13.9. The second-order valence-electron chi connectivity index (χ2n) is 7.05. The molecule has 1 heterocycles. The predicted octanol–water partition coefficient (Wildman–Crippen LogP) is 3.78. The summed E-state index contributed by atoms with van der Waals surface area (Å²) in [4.78, 5) is 30.7. The van der Waals surface area contributed by atoms with E-state index in [0.29, 0.717) is 23.3 Å². The number of carbonyl (C=O) groups excluding carboxylic acids is 1. The zero-order valence-electron chi connectivity index (χ0n) is 16.7. The van der Waals surface area contributed by atoms with Crippen molar-refractivity contribution < 1.29 is 9.53 Å². The summed E-state index contributed by atoms with van der Waals surface area (Å²) in [6, 6.07) is 13.0. The summed E-state index contributed by atoms with van der Waals surface area (Å²) in [7, 11) is 4.01. The number of rotatable bonds is 7. The van der Waals surface area contributed by atoms with Crippen LogP contribution in [0.1, 0.15) is 28.4 Å². The summed E-state index contributed by atoms with van der Waals surface area (Å²) < 4.78 is 6.48. The van der Waals surface area contributed by atoms with Crippen molar-refractivity contribution in [2.24, 2.45) is 0 Å². The van der Waals surface area contributed by atoms with E-state index in [9.17, 15) is 9.59 Å². The molecule has 0 atom stereocenters. The van der Waals surface area contributed by atoms with Gasteiger partial charge in [-0.05, 0) is 50.3 Å². The number of benzene rings is 2. The molecule has 0 fully saturated rings. The molecule has 1 aromatic heterocycles. The molecule has 29 heavy (non-hydrogen) atoms. The maximum Gasteiger partial charge on any atom is 0.274 e. The van der Waals surface area contributed by atoms with Gasteiger partial charge in [-0.3, -0.25) is 9.59 Å². The van der Waals surface area contributed by atoms with E-state index in [4.69, 9.17) is 16.5 Å². The normalized spacial score (nSPS) is 11.1. The number of fused-ring (bicyclic) bond motifs is 1. The Morgan fingerprint density at radius 1 is 1.07 bits per heavy atom. The zero-order valence-corrected chi connectivity index (χ0v) is 17.5. The van der Waals surface area contributed by atoms with Crippen molar-refractivity contribution in [3.8, 4) is 5.75 Å². The molecule has 0 radical (unpaired) electrons. The van der Waals surface area contributed by atoms with Gasteiger partial charge in [0.1, 0.15) is 11.3 Å². The minimum absolute atomic E-state index is 0.00891. The number of aromatic nitrogens is 1. The van der Waals surface area contributed by atoms with E-state index >= 15 is 0 Å². The smallest absolute Gasteiger partial charge is 0.274 e. The van der Waals surface area contributed by atoms with Gasteiger partial charge in [0.15, 0.2) is 0 Å². The molecule has 0 bridgehead atoms. The topological polar surface area (TPSA) is 65.6 Å². The van der Waals surface area contributed by atoms with E-state index in [2.05, 4.69) is 9.88 Å². The predicted molar refractivity (Wildman–Crippen MR) is 115 cm³/mol. The molecule has 6 nitrogen and oxygen atoms in total. The Morgan fingerprint density at radius 2 is 1.72 bits per heavy atom. The summed E-state index contributed by atoms with van der Waals surface area (Å²) in [6.07, 6.45) is 1.41. The van der Waals surface area contributed by atoms with Gasteiger partial charge in [0.2, 0.25) is 5.43 Å². The largest absolute Gasteiger partial charge is 0.494 e. The van der Waals surface area contributed by atoms with E-state index in [0.717, 1.165) is 16.5 Å². The molecule has 7 heteroatoms. The van der Waals surface area contributed by atoms with Crippen molar-refractivity contribution in [3.05, 3.63) is 75.6 Å². The number of ether oxygens (including phenoxy) is 1. The summed E-state index contributed by atoms with van der Waals surface area (Å²) >= 11 is 6.23. The van der Waals surface area contributed by atoms with E-state index in [1.54, 1.807) is 18.2 Å². The van der Waals surface area contributed by atoms with Crippen molar-refractivity contribution in [2.45, 2.75) is 20.0 Å². The molecule has 3 aromatic rings. The Kier molecular flexibility index (Phi) is 6.56. The van der Waals surface area contributed by atoms with E-state index in [1.807, 2.05) is 45.3 Å². The number of amides is 1. The highest BCUT2D eigenvalue weighted by molar-refractivity contribution is 6.24. The van der Waals surface area contributed by atoms with Gasteiger partial charge < -0.3 is 14.6 Å². The van der Waals surface area contributed by atoms with Gasteiger partial charge in [-0.15, -0.1) is 0 Å². The SMILES string of the molecule is CCOc1ccc2[nH]cc(C(=O)N(Cl)Cc3ccc(CN(C)C)cc3)c(=O)c2c1. The molecular formula is C22H24ClN3O3. The number of nitrogens with one attached hydrogen (secondary N) is 1. The number of pyridine rings is 1. The number of aromatic amines is 1. The minimum Gasteiger partial charge on any atom is -0.494 e. The fraction of sp³-hybridized carbons (Fsp3) is 0.273. The number of halogens is 1. The number of hydrogen-bond donors (Lipinski definition) is 1. The van der Waals surface area contributed by atoms with Crippen LogP contribution in [0.4, 0.5) is 0 Å².